The first-order chi connectivity index (χ1) is 14.1. The van der Waals surface area contributed by atoms with Gasteiger partial charge in [0.05, 0.1) is 11.8 Å². The molecule has 1 aliphatic heterocycles. The highest BCUT2D eigenvalue weighted by molar-refractivity contribution is 5.96. The van der Waals surface area contributed by atoms with Gasteiger partial charge in [-0.2, -0.15) is 0 Å². The molecule has 0 saturated carbocycles. The summed E-state index contributed by atoms with van der Waals surface area (Å²) < 4.78 is 33.6. The molecule has 0 aliphatic carbocycles. The maximum Gasteiger partial charge on any atom is 0.176 e. The molecule has 4 heterocycles. The Bertz CT molecular complexity index is 1170. The molecule has 4 aromatic rings. The van der Waals surface area contributed by atoms with Crippen molar-refractivity contribution in [2.75, 3.05) is 20.1 Å². The van der Waals surface area contributed by atoms with Crippen molar-refractivity contribution >= 4 is 11.0 Å². The molecule has 5 rings (SSSR count). The zero-order valence-electron chi connectivity index (χ0n) is 16.0. The quantitative estimate of drug-likeness (QED) is 0.533. The summed E-state index contributed by atoms with van der Waals surface area (Å²) in [5.41, 5.74) is 3.17. The summed E-state index contributed by atoms with van der Waals surface area (Å²) in [5.74, 6) is -0.967. The van der Waals surface area contributed by atoms with E-state index in [1.807, 2.05) is 6.20 Å². The van der Waals surface area contributed by atoms with Crippen LogP contribution in [0.2, 0.25) is 0 Å². The van der Waals surface area contributed by atoms with E-state index in [4.69, 9.17) is 4.52 Å². The lowest BCUT2D eigenvalue weighted by molar-refractivity contribution is 0.255. The Balaban J connectivity index is 1.59. The third kappa shape index (κ3) is 3.11. The molecule has 1 N–H and O–H groups in total. The number of pyridine rings is 1. The van der Waals surface area contributed by atoms with E-state index >= 15 is 0 Å². The van der Waals surface area contributed by atoms with Gasteiger partial charge in [0.25, 0.3) is 0 Å². The summed E-state index contributed by atoms with van der Waals surface area (Å²) in [5, 5.41) is 4.73. The molecule has 0 atom stereocenters. The first-order valence-electron chi connectivity index (χ1n) is 9.67. The predicted octanol–water partition coefficient (Wildman–Crippen LogP) is 4.97. The fourth-order valence-corrected chi connectivity index (χ4v) is 4.11. The van der Waals surface area contributed by atoms with Crippen LogP contribution in [-0.4, -0.2) is 40.2 Å². The minimum absolute atomic E-state index is 0.120. The van der Waals surface area contributed by atoms with Gasteiger partial charge in [0, 0.05) is 28.9 Å². The second-order valence-electron chi connectivity index (χ2n) is 7.61. The van der Waals surface area contributed by atoms with Gasteiger partial charge >= 0.3 is 0 Å². The Morgan fingerprint density at radius 2 is 1.93 bits per heavy atom. The van der Waals surface area contributed by atoms with E-state index in [-0.39, 0.29) is 5.56 Å². The van der Waals surface area contributed by atoms with Crippen molar-refractivity contribution in [1.29, 1.82) is 0 Å². The van der Waals surface area contributed by atoms with Gasteiger partial charge in [-0.05, 0) is 56.6 Å². The maximum atomic E-state index is 14.4. The lowest BCUT2D eigenvalue weighted by Gasteiger charge is -2.29. The number of rotatable bonds is 3. The number of H-pyrrole nitrogens is 1. The van der Waals surface area contributed by atoms with Gasteiger partial charge in [-0.1, -0.05) is 17.3 Å². The summed E-state index contributed by atoms with van der Waals surface area (Å²) in [4.78, 5) is 10.0. The molecule has 1 aliphatic rings. The van der Waals surface area contributed by atoms with Gasteiger partial charge in [-0.25, -0.2) is 13.8 Å². The molecule has 7 heteroatoms. The van der Waals surface area contributed by atoms with Crippen LogP contribution in [0, 0.1) is 11.6 Å². The van der Waals surface area contributed by atoms with Crippen molar-refractivity contribution in [2.24, 2.45) is 0 Å². The zero-order valence-corrected chi connectivity index (χ0v) is 16.0. The van der Waals surface area contributed by atoms with Crippen LogP contribution in [0.3, 0.4) is 0 Å². The highest BCUT2D eigenvalue weighted by Gasteiger charge is 2.23. The zero-order chi connectivity index (χ0) is 20.0. The minimum atomic E-state index is -0.915. The summed E-state index contributed by atoms with van der Waals surface area (Å²) in [7, 11) is 2.14. The van der Waals surface area contributed by atoms with Crippen LogP contribution in [0.15, 0.2) is 47.4 Å². The first kappa shape index (κ1) is 18.0. The van der Waals surface area contributed by atoms with E-state index in [0.29, 0.717) is 17.2 Å². The standard InChI is InChI=1S/C22H20F2N4O/c1-28-7-5-13(6-8-28)14-9-16-17(11-26-22(16)25-10-14)21-18(12-27-29-21)15-3-2-4-19(23)20(15)24/h2-4,9-13H,5-8H2,1H3,(H,25,26). The third-order valence-electron chi connectivity index (χ3n) is 5.80. The third-order valence-corrected chi connectivity index (χ3v) is 5.80. The highest BCUT2D eigenvalue weighted by Crippen LogP contribution is 2.38. The van der Waals surface area contributed by atoms with Gasteiger partial charge in [-0.3, -0.25) is 0 Å². The number of fused-ring (bicyclic) bond motifs is 1. The molecule has 148 valence electrons. The highest BCUT2D eigenvalue weighted by atomic mass is 19.2. The molecule has 0 spiro atoms. The molecule has 0 bridgehead atoms. The molecule has 5 nitrogen and oxygen atoms in total. The summed E-state index contributed by atoms with van der Waals surface area (Å²) in [6.45, 7) is 2.13. The lowest BCUT2D eigenvalue weighted by atomic mass is 9.90. The van der Waals surface area contributed by atoms with Crippen molar-refractivity contribution < 1.29 is 13.3 Å². The van der Waals surface area contributed by atoms with Crippen LogP contribution in [0.5, 0.6) is 0 Å². The molecule has 29 heavy (non-hydrogen) atoms. The number of nitrogens with one attached hydrogen (secondary N) is 1. The van der Waals surface area contributed by atoms with Crippen LogP contribution in [0.4, 0.5) is 8.78 Å². The predicted molar refractivity (Wildman–Crippen MR) is 106 cm³/mol. The summed E-state index contributed by atoms with van der Waals surface area (Å²) in [6, 6.07) is 6.21. The average Bonchev–Trinajstić information content (AvgIpc) is 3.36. The molecular formula is C22H20F2N4O. The number of nitrogens with zero attached hydrogens (tertiary/aromatic N) is 3. The molecule has 1 aromatic carbocycles. The van der Waals surface area contributed by atoms with E-state index in [1.165, 1.54) is 23.9 Å². The fraction of sp³-hybridized carbons (Fsp3) is 0.273. The number of halogens is 2. The Kier molecular flexibility index (Phi) is 4.39. The number of hydrogen-bond acceptors (Lipinski definition) is 4. The largest absolute Gasteiger partial charge is 0.356 e. The summed E-state index contributed by atoms with van der Waals surface area (Å²) in [6.07, 6.45) is 7.29. The van der Waals surface area contributed by atoms with Crippen LogP contribution in [0.25, 0.3) is 33.5 Å². The number of hydrogen-bond donors (Lipinski definition) is 1. The summed E-state index contributed by atoms with van der Waals surface area (Å²) >= 11 is 0. The van der Waals surface area contributed by atoms with Crippen molar-refractivity contribution in [3.8, 4) is 22.5 Å². The molecule has 0 amide bonds. The van der Waals surface area contributed by atoms with E-state index in [9.17, 15) is 8.78 Å². The van der Waals surface area contributed by atoms with E-state index < -0.39 is 11.6 Å². The Hall–Kier alpha value is -3.06. The lowest BCUT2D eigenvalue weighted by Crippen LogP contribution is -2.29. The maximum absolute atomic E-state index is 14.4. The van der Waals surface area contributed by atoms with Crippen LogP contribution in [0.1, 0.15) is 24.3 Å². The normalized spacial score (nSPS) is 16.0. The van der Waals surface area contributed by atoms with Crippen molar-refractivity contribution in [3.05, 3.63) is 60.1 Å². The molecular weight excluding hydrogens is 374 g/mol. The average molecular weight is 394 g/mol. The van der Waals surface area contributed by atoms with Gasteiger partial charge in [0.1, 0.15) is 5.65 Å². The van der Waals surface area contributed by atoms with Crippen LogP contribution >= 0.6 is 0 Å². The van der Waals surface area contributed by atoms with Crippen molar-refractivity contribution in [2.45, 2.75) is 18.8 Å². The fourth-order valence-electron chi connectivity index (χ4n) is 4.11. The van der Waals surface area contributed by atoms with Gasteiger partial charge in [0.15, 0.2) is 17.4 Å². The number of likely N-dealkylation sites (tertiary alicyclic amines) is 1. The van der Waals surface area contributed by atoms with E-state index in [2.05, 4.69) is 33.1 Å². The Morgan fingerprint density at radius 1 is 1.10 bits per heavy atom. The number of piperidine rings is 1. The topological polar surface area (TPSA) is 58.0 Å². The molecule has 1 fully saturated rings. The SMILES string of the molecule is CN1CCC(c2cnc3[nH]cc(-c4oncc4-c4cccc(F)c4F)c3c2)CC1. The molecule has 0 unspecified atom stereocenters. The Morgan fingerprint density at radius 3 is 2.76 bits per heavy atom. The Labute approximate surface area is 166 Å². The smallest absolute Gasteiger partial charge is 0.176 e. The number of aromatic nitrogens is 3. The monoisotopic (exact) mass is 394 g/mol. The molecule has 3 aromatic heterocycles. The number of aromatic amines is 1. The molecule has 1 saturated heterocycles. The minimum Gasteiger partial charge on any atom is -0.356 e. The van der Waals surface area contributed by atoms with Crippen molar-refractivity contribution in [3.63, 3.8) is 0 Å². The first-order valence-corrected chi connectivity index (χ1v) is 9.67. The second kappa shape index (κ2) is 7.08. The van der Waals surface area contributed by atoms with E-state index in [0.717, 1.165) is 48.6 Å². The van der Waals surface area contributed by atoms with Gasteiger partial charge in [0.2, 0.25) is 0 Å². The molecule has 0 radical (unpaired) electrons. The number of benzene rings is 1. The van der Waals surface area contributed by atoms with Crippen LogP contribution in [-0.2, 0) is 0 Å². The van der Waals surface area contributed by atoms with Gasteiger partial charge in [-0.15, -0.1) is 0 Å². The second-order valence-corrected chi connectivity index (χ2v) is 7.61. The van der Waals surface area contributed by atoms with Gasteiger partial charge < -0.3 is 14.4 Å². The van der Waals surface area contributed by atoms with Crippen molar-refractivity contribution in [1.82, 2.24) is 20.0 Å². The van der Waals surface area contributed by atoms with Crippen LogP contribution < -0.4 is 0 Å². The van der Waals surface area contributed by atoms with E-state index in [1.54, 1.807) is 6.20 Å².